The second-order valence-corrected chi connectivity index (χ2v) is 8.96. The fourth-order valence-corrected chi connectivity index (χ4v) is 4.41. The van der Waals surface area contributed by atoms with Crippen LogP contribution in [0.25, 0.3) is 0 Å². The maximum atomic E-state index is 6.61. The van der Waals surface area contributed by atoms with Crippen LogP contribution < -0.4 is 19.7 Å². The molecule has 0 atom stereocenters. The maximum Gasteiger partial charge on any atom is 0.161 e. The third-order valence-electron chi connectivity index (χ3n) is 5.96. The van der Waals surface area contributed by atoms with Crippen LogP contribution in [0.5, 0.6) is 11.5 Å². The zero-order chi connectivity index (χ0) is 23.0. The predicted octanol–water partition coefficient (Wildman–Crippen LogP) is 7.23. The van der Waals surface area contributed by atoms with Crippen molar-refractivity contribution < 1.29 is 9.47 Å². The van der Waals surface area contributed by atoms with Gasteiger partial charge >= 0.3 is 0 Å². The summed E-state index contributed by atoms with van der Waals surface area (Å²) in [6.45, 7) is 8.03. The van der Waals surface area contributed by atoms with E-state index in [4.69, 9.17) is 21.1 Å². The van der Waals surface area contributed by atoms with E-state index in [1.54, 1.807) is 0 Å². The van der Waals surface area contributed by atoms with E-state index in [9.17, 15) is 0 Å². The average Bonchev–Trinajstić information content (AvgIpc) is 2.84. The number of hydrogen-bond acceptors (Lipinski definition) is 4. The minimum Gasteiger partial charge on any atom is -0.490 e. The number of aryl methyl sites for hydroxylation is 1. The van der Waals surface area contributed by atoms with E-state index < -0.39 is 0 Å². The van der Waals surface area contributed by atoms with Crippen molar-refractivity contribution in [2.45, 2.75) is 46.3 Å². The van der Waals surface area contributed by atoms with Gasteiger partial charge in [-0.2, -0.15) is 0 Å². The lowest BCUT2D eigenvalue weighted by atomic mass is 10.1. The molecule has 1 fully saturated rings. The van der Waals surface area contributed by atoms with Crippen molar-refractivity contribution in [1.82, 2.24) is 0 Å². The lowest BCUT2D eigenvalue weighted by molar-refractivity contribution is 0.269. The molecule has 0 bridgehead atoms. The summed E-state index contributed by atoms with van der Waals surface area (Å²) in [6, 6.07) is 20.8. The summed E-state index contributed by atoms with van der Waals surface area (Å²) in [4.78, 5) is 2.39. The van der Waals surface area contributed by atoms with E-state index in [0.717, 1.165) is 52.1 Å². The minimum absolute atomic E-state index is 0.514. The molecule has 0 radical (unpaired) electrons. The van der Waals surface area contributed by atoms with Crippen LogP contribution >= 0.6 is 11.6 Å². The van der Waals surface area contributed by atoms with Gasteiger partial charge < -0.3 is 19.7 Å². The zero-order valence-corrected chi connectivity index (χ0v) is 20.3. The number of anilines is 2. The number of rotatable bonds is 9. The maximum absolute atomic E-state index is 6.61. The second-order valence-electron chi connectivity index (χ2n) is 8.56. The Balaban J connectivity index is 1.39. The minimum atomic E-state index is 0.514. The zero-order valence-electron chi connectivity index (χ0n) is 19.6. The average molecular weight is 465 g/mol. The van der Waals surface area contributed by atoms with Crippen molar-refractivity contribution in [3.05, 3.63) is 82.4 Å². The number of benzene rings is 3. The Bertz CT molecular complexity index is 1050. The summed E-state index contributed by atoms with van der Waals surface area (Å²) in [5, 5.41) is 4.29. The molecule has 4 nitrogen and oxygen atoms in total. The molecule has 1 N–H and O–H groups in total. The van der Waals surface area contributed by atoms with E-state index in [-0.39, 0.29) is 0 Å². The summed E-state index contributed by atoms with van der Waals surface area (Å²) >= 11 is 6.61. The molecule has 3 aromatic rings. The normalized spacial score (nSPS) is 13.6. The first-order valence-corrected chi connectivity index (χ1v) is 12.2. The first-order valence-electron chi connectivity index (χ1n) is 11.8. The molecule has 5 heteroatoms. The SMILES string of the molecule is CCOc1cc(CNc2ccc(N3CCCCC3)c(Cl)c2)ccc1OCc1ccc(C)cc1. The molecule has 0 unspecified atom stereocenters. The Morgan fingerprint density at radius 2 is 1.61 bits per heavy atom. The van der Waals surface area contributed by atoms with Gasteiger partial charge in [0, 0.05) is 25.3 Å². The highest BCUT2D eigenvalue weighted by Gasteiger charge is 2.14. The summed E-state index contributed by atoms with van der Waals surface area (Å²) in [6.07, 6.45) is 3.79. The lowest BCUT2D eigenvalue weighted by Crippen LogP contribution is -2.29. The second kappa shape index (κ2) is 11.3. The molecule has 0 aromatic heterocycles. The standard InChI is InChI=1S/C28H33ClN2O2/c1-3-32-28-17-23(11-14-27(28)33-20-22-9-7-21(2)8-10-22)19-30-24-12-13-26(25(29)18-24)31-15-5-4-6-16-31/h7-14,17-18,30H,3-6,15-16,19-20H2,1-2H3. The predicted molar refractivity (Wildman–Crippen MR) is 138 cm³/mol. The third-order valence-corrected chi connectivity index (χ3v) is 6.27. The molecule has 1 saturated heterocycles. The molecule has 0 aliphatic carbocycles. The van der Waals surface area contributed by atoms with Crippen molar-refractivity contribution in [2.24, 2.45) is 0 Å². The van der Waals surface area contributed by atoms with Crippen molar-refractivity contribution in [3.8, 4) is 11.5 Å². The van der Waals surface area contributed by atoms with Gasteiger partial charge in [0.25, 0.3) is 0 Å². The highest BCUT2D eigenvalue weighted by Crippen LogP contribution is 2.32. The fourth-order valence-electron chi connectivity index (χ4n) is 4.11. The molecule has 0 spiro atoms. The monoisotopic (exact) mass is 464 g/mol. The molecule has 1 aliphatic rings. The fraction of sp³-hybridized carbons (Fsp3) is 0.357. The van der Waals surface area contributed by atoms with Gasteiger partial charge in [-0.25, -0.2) is 0 Å². The van der Waals surface area contributed by atoms with Crippen molar-refractivity contribution in [2.75, 3.05) is 29.9 Å². The summed E-state index contributed by atoms with van der Waals surface area (Å²) in [5.74, 6) is 1.53. The van der Waals surface area contributed by atoms with Gasteiger partial charge in [-0.1, -0.05) is 47.5 Å². The van der Waals surface area contributed by atoms with Crippen LogP contribution in [0.2, 0.25) is 5.02 Å². The van der Waals surface area contributed by atoms with Gasteiger partial charge in [0.2, 0.25) is 0 Å². The van der Waals surface area contributed by atoms with Crippen LogP contribution in [0.3, 0.4) is 0 Å². The van der Waals surface area contributed by atoms with Crippen LogP contribution in [0.4, 0.5) is 11.4 Å². The smallest absolute Gasteiger partial charge is 0.161 e. The highest BCUT2D eigenvalue weighted by molar-refractivity contribution is 6.33. The van der Waals surface area contributed by atoms with Gasteiger partial charge in [0.1, 0.15) is 6.61 Å². The largest absolute Gasteiger partial charge is 0.490 e. The Kier molecular flexibility index (Phi) is 8.01. The molecule has 3 aromatic carbocycles. The molecule has 33 heavy (non-hydrogen) atoms. The Labute approximate surface area is 202 Å². The van der Waals surface area contributed by atoms with Crippen molar-refractivity contribution in [1.29, 1.82) is 0 Å². The van der Waals surface area contributed by atoms with Crippen LogP contribution in [0, 0.1) is 6.92 Å². The molecule has 0 amide bonds. The first-order chi connectivity index (χ1) is 16.1. The number of nitrogens with one attached hydrogen (secondary N) is 1. The number of nitrogens with zero attached hydrogens (tertiary/aromatic N) is 1. The number of piperidine rings is 1. The van der Waals surface area contributed by atoms with Gasteiger partial charge in [-0.05, 0) is 74.6 Å². The van der Waals surface area contributed by atoms with E-state index in [1.165, 1.54) is 24.8 Å². The Hall–Kier alpha value is -2.85. The van der Waals surface area contributed by atoms with Crippen LogP contribution in [0.1, 0.15) is 42.9 Å². The quantitative estimate of drug-likeness (QED) is 0.362. The van der Waals surface area contributed by atoms with Gasteiger partial charge in [0.15, 0.2) is 11.5 Å². The first kappa shape index (κ1) is 23.3. The summed E-state index contributed by atoms with van der Waals surface area (Å²) < 4.78 is 11.9. The van der Waals surface area contributed by atoms with E-state index >= 15 is 0 Å². The molecular weight excluding hydrogens is 432 g/mol. The van der Waals surface area contributed by atoms with E-state index in [0.29, 0.717) is 19.8 Å². The highest BCUT2D eigenvalue weighted by atomic mass is 35.5. The van der Waals surface area contributed by atoms with Crippen LogP contribution in [-0.4, -0.2) is 19.7 Å². The molecule has 4 rings (SSSR count). The van der Waals surface area contributed by atoms with E-state index in [1.807, 2.05) is 25.1 Å². The topological polar surface area (TPSA) is 33.7 Å². The van der Waals surface area contributed by atoms with Gasteiger partial charge in [-0.3, -0.25) is 0 Å². The Morgan fingerprint density at radius 1 is 0.848 bits per heavy atom. The molecular formula is C28H33ClN2O2. The summed E-state index contributed by atoms with van der Waals surface area (Å²) in [7, 11) is 0. The molecule has 1 heterocycles. The van der Waals surface area contributed by atoms with Crippen molar-refractivity contribution in [3.63, 3.8) is 0 Å². The van der Waals surface area contributed by atoms with Gasteiger partial charge in [-0.15, -0.1) is 0 Å². The molecule has 1 aliphatic heterocycles. The molecule has 0 saturated carbocycles. The van der Waals surface area contributed by atoms with Crippen LogP contribution in [0.15, 0.2) is 60.7 Å². The third kappa shape index (κ3) is 6.35. The van der Waals surface area contributed by atoms with Gasteiger partial charge in [0.05, 0.1) is 17.3 Å². The van der Waals surface area contributed by atoms with Crippen molar-refractivity contribution >= 4 is 23.0 Å². The van der Waals surface area contributed by atoms with Crippen LogP contribution in [-0.2, 0) is 13.2 Å². The number of ether oxygens (including phenoxy) is 2. The number of halogens is 1. The Morgan fingerprint density at radius 3 is 2.33 bits per heavy atom. The number of hydrogen-bond donors (Lipinski definition) is 1. The molecule has 174 valence electrons. The summed E-state index contributed by atoms with van der Waals surface area (Å²) in [5.41, 5.74) is 5.65. The van der Waals surface area contributed by atoms with E-state index in [2.05, 4.69) is 59.6 Å². The lowest BCUT2D eigenvalue weighted by Gasteiger charge is -2.29.